The van der Waals surface area contributed by atoms with Crippen LogP contribution in [0.25, 0.3) is 5.65 Å². The van der Waals surface area contributed by atoms with E-state index in [2.05, 4.69) is 36.0 Å². The lowest BCUT2D eigenvalue weighted by molar-refractivity contribution is 0.716. The van der Waals surface area contributed by atoms with E-state index in [4.69, 9.17) is 0 Å². The highest BCUT2D eigenvalue weighted by atomic mass is 32.2. The summed E-state index contributed by atoms with van der Waals surface area (Å²) in [4.78, 5) is 3.25. The van der Waals surface area contributed by atoms with Gasteiger partial charge in [-0.25, -0.2) is 0 Å². The maximum Gasteiger partial charge on any atom is 0.156 e. The van der Waals surface area contributed by atoms with E-state index in [1.165, 1.54) is 0 Å². The summed E-state index contributed by atoms with van der Waals surface area (Å²) in [6, 6.07) is 2.03. The first kappa shape index (κ1) is 9.58. The molecule has 5 heteroatoms. The number of aromatic nitrogens is 4. The van der Waals surface area contributed by atoms with E-state index >= 15 is 0 Å². The van der Waals surface area contributed by atoms with Crippen molar-refractivity contribution in [1.82, 2.24) is 19.8 Å². The van der Waals surface area contributed by atoms with Crippen molar-refractivity contribution in [3.8, 4) is 0 Å². The van der Waals surface area contributed by atoms with Crippen molar-refractivity contribution in [3.63, 3.8) is 0 Å². The summed E-state index contributed by atoms with van der Waals surface area (Å²) in [5.74, 6) is 2.44. The molecule has 2 rings (SSSR count). The Morgan fingerprint density at radius 3 is 2.86 bits per heavy atom. The van der Waals surface area contributed by atoms with Gasteiger partial charge in [0, 0.05) is 12.0 Å². The third-order valence-electron chi connectivity index (χ3n) is 1.97. The first-order valence-electron chi connectivity index (χ1n) is 4.79. The van der Waals surface area contributed by atoms with Crippen LogP contribution < -0.4 is 0 Å². The molecule has 76 valence electrons. The van der Waals surface area contributed by atoms with Crippen molar-refractivity contribution in [1.29, 1.82) is 0 Å². The maximum atomic E-state index is 4.35. The Balaban J connectivity index is 2.35. The van der Waals surface area contributed by atoms with Gasteiger partial charge in [0.15, 0.2) is 5.65 Å². The summed E-state index contributed by atoms with van der Waals surface area (Å²) in [7, 11) is 0. The van der Waals surface area contributed by atoms with Gasteiger partial charge in [0.05, 0.1) is 0 Å². The topological polar surface area (TPSA) is 46.0 Å². The summed E-state index contributed by atoms with van der Waals surface area (Å²) in [5.41, 5.74) is 0.977. The minimum Gasteiger partial charge on any atom is -0.325 e. The van der Waals surface area contributed by atoms with Crippen LogP contribution in [0.4, 0.5) is 0 Å². The molecular formula is C9H14N4S. The van der Waals surface area contributed by atoms with Crippen LogP contribution in [0.2, 0.25) is 0 Å². The number of nitrogens with zero attached hydrogens (tertiary/aromatic N) is 3. The molecule has 0 aliphatic heterocycles. The van der Waals surface area contributed by atoms with Gasteiger partial charge < -0.3 is 4.98 Å². The molecule has 0 aliphatic carbocycles. The Bertz CT molecular complexity index is 397. The summed E-state index contributed by atoms with van der Waals surface area (Å²) in [6.45, 7) is 6.34. The molecule has 0 atom stereocenters. The SMILES string of the molecule is CCSc1cc2[nH]c(C(C)C)nn2n1. The van der Waals surface area contributed by atoms with Gasteiger partial charge in [0.25, 0.3) is 0 Å². The van der Waals surface area contributed by atoms with Crippen LogP contribution in [0.5, 0.6) is 0 Å². The first-order valence-corrected chi connectivity index (χ1v) is 5.78. The molecule has 0 aromatic carbocycles. The van der Waals surface area contributed by atoms with Gasteiger partial charge in [-0.1, -0.05) is 20.8 Å². The second kappa shape index (κ2) is 3.65. The second-order valence-corrected chi connectivity index (χ2v) is 4.74. The van der Waals surface area contributed by atoms with Crippen LogP contribution in [-0.4, -0.2) is 25.6 Å². The lowest BCUT2D eigenvalue weighted by atomic mass is 10.2. The van der Waals surface area contributed by atoms with Crippen molar-refractivity contribution < 1.29 is 0 Å². The third-order valence-corrected chi connectivity index (χ3v) is 2.75. The van der Waals surface area contributed by atoms with Crippen molar-refractivity contribution >= 4 is 17.4 Å². The predicted octanol–water partition coefficient (Wildman–Crippen LogP) is 2.29. The molecule has 0 amide bonds. The van der Waals surface area contributed by atoms with Crippen molar-refractivity contribution in [2.24, 2.45) is 0 Å². The van der Waals surface area contributed by atoms with E-state index in [0.717, 1.165) is 22.3 Å². The number of thioether (sulfide) groups is 1. The van der Waals surface area contributed by atoms with Crippen LogP contribution in [0, 0.1) is 0 Å². The summed E-state index contributed by atoms with van der Waals surface area (Å²) in [6.07, 6.45) is 0. The van der Waals surface area contributed by atoms with Gasteiger partial charge in [-0.15, -0.1) is 26.6 Å². The highest BCUT2D eigenvalue weighted by molar-refractivity contribution is 7.99. The van der Waals surface area contributed by atoms with E-state index in [9.17, 15) is 0 Å². The minimum atomic E-state index is 0.416. The Labute approximate surface area is 87.1 Å². The van der Waals surface area contributed by atoms with Gasteiger partial charge in [-0.05, 0) is 5.75 Å². The average molecular weight is 210 g/mol. The molecule has 0 radical (unpaired) electrons. The molecule has 2 aromatic rings. The Morgan fingerprint density at radius 2 is 2.29 bits per heavy atom. The number of hydrogen-bond donors (Lipinski definition) is 1. The third kappa shape index (κ3) is 1.64. The molecule has 0 spiro atoms. The van der Waals surface area contributed by atoms with Gasteiger partial charge in [-0.3, -0.25) is 0 Å². The fourth-order valence-electron chi connectivity index (χ4n) is 1.25. The molecule has 4 nitrogen and oxygen atoms in total. The highest BCUT2D eigenvalue weighted by Crippen LogP contribution is 2.18. The zero-order valence-electron chi connectivity index (χ0n) is 8.61. The van der Waals surface area contributed by atoms with Crippen LogP contribution >= 0.6 is 11.8 Å². The molecule has 0 fully saturated rings. The average Bonchev–Trinajstić information content (AvgIpc) is 2.61. The standard InChI is InChI=1S/C9H14N4S/c1-4-14-8-5-7-10-9(6(2)3)12-13(7)11-8/h5-6H,4H2,1-3H3,(H,10,12). The van der Waals surface area contributed by atoms with E-state index in [1.807, 2.05) is 6.07 Å². The monoisotopic (exact) mass is 210 g/mol. The lowest BCUT2D eigenvalue weighted by Gasteiger charge is -1.95. The highest BCUT2D eigenvalue weighted by Gasteiger charge is 2.08. The Hall–Kier alpha value is -0.970. The van der Waals surface area contributed by atoms with E-state index in [-0.39, 0.29) is 0 Å². The van der Waals surface area contributed by atoms with Crippen LogP contribution in [0.3, 0.4) is 0 Å². The molecule has 0 aliphatic rings. The number of nitrogens with one attached hydrogen (secondary N) is 1. The summed E-state index contributed by atoms with van der Waals surface area (Å²) >= 11 is 1.73. The molecule has 0 saturated carbocycles. The van der Waals surface area contributed by atoms with Crippen molar-refractivity contribution in [3.05, 3.63) is 11.9 Å². The molecule has 0 bridgehead atoms. The fourth-order valence-corrected chi connectivity index (χ4v) is 1.88. The first-order chi connectivity index (χ1) is 6.70. The van der Waals surface area contributed by atoms with Gasteiger partial charge >= 0.3 is 0 Å². The van der Waals surface area contributed by atoms with Crippen LogP contribution in [0.15, 0.2) is 11.1 Å². The Morgan fingerprint density at radius 1 is 1.50 bits per heavy atom. The summed E-state index contributed by atoms with van der Waals surface area (Å²) in [5, 5.41) is 9.72. The number of rotatable bonds is 3. The maximum absolute atomic E-state index is 4.35. The molecular weight excluding hydrogens is 196 g/mol. The smallest absolute Gasteiger partial charge is 0.156 e. The van der Waals surface area contributed by atoms with Gasteiger partial charge in [0.2, 0.25) is 0 Å². The molecule has 2 heterocycles. The van der Waals surface area contributed by atoms with Crippen molar-refractivity contribution in [2.75, 3.05) is 5.75 Å². The zero-order chi connectivity index (χ0) is 10.1. The number of hydrogen-bond acceptors (Lipinski definition) is 3. The molecule has 1 N–H and O–H groups in total. The second-order valence-electron chi connectivity index (χ2n) is 3.46. The summed E-state index contributed by atoms with van der Waals surface area (Å²) < 4.78 is 1.67. The fraction of sp³-hybridized carbons (Fsp3) is 0.556. The number of aromatic amines is 1. The van der Waals surface area contributed by atoms with Crippen molar-refractivity contribution in [2.45, 2.75) is 31.7 Å². The number of fused-ring (bicyclic) bond motifs is 1. The van der Waals surface area contributed by atoms with Gasteiger partial charge in [-0.2, -0.15) is 0 Å². The number of H-pyrrole nitrogens is 1. The van der Waals surface area contributed by atoms with Crippen LogP contribution in [0.1, 0.15) is 32.5 Å². The Kier molecular flexibility index (Phi) is 2.50. The van der Waals surface area contributed by atoms with E-state index < -0.39 is 0 Å². The minimum absolute atomic E-state index is 0.416. The molecule has 2 aromatic heterocycles. The normalized spacial score (nSPS) is 11.7. The predicted molar refractivity (Wildman–Crippen MR) is 57.8 cm³/mol. The van der Waals surface area contributed by atoms with Gasteiger partial charge in [0.1, 0.15) is 10.9 Å². The van der Waals surface area contributed by atoms with E-state index in [1.54, 1.807) is 16.4 Å². The largest absolute Gasteiger partial charge is 0.325 e. The molecule has 0 unspecified atom stereocenters. The van der Waals surface area contributed by atoms with E-state index in [0.29, 0.717) is 5.92 Å². The lowest BCUT2D eigenvalue weighted by Crippen LogP contribution is -1.93. The quantitative estimate of drug-likeness (QED) is 0.791. The molecule has 0 saturated heterocycles. The van der Waals surface area contributed by atoms with Crippen LogP contribution in [-0.2, 0) is 0 Å². The zero-order valence-corrected chi connectivity index (χ0v) is 9.43. The molecule has 14 heavy (non-hydrogen) atoms.